The first-order chi connectivity index (χ1) is 16.6. The molecule has 1 amide bonds. The molecule has 0 saturated carbocycles. The predicted molar refractivity (Wildman–Crippen MR) is 145 cm³/mol. The van der Waals surface area contributed by atoms with E-state index >= 15 is 0 Å². The Morgan fingerprint density at radius 2 is 1.77 bits per heavy atom. The molecule has 0 aliphatic heterocycles. The van der Waals surface area contributed by atoms with Crippen molar-refractivity contribution < 1.29 is 19.1 Å². The number of unbranched alkanes of at least 4 members (excludes halogenated alkanes) is 2. The fraction of sp³-hybridized carbons (Fsp3) is 0.467. The van der Waals surface area contributed by atoms with Gasteiger partial charge in [0.05, 0.1) is 14.2 Å². The van der Waals surface area contributed by atoms with Crippen molar-refractivity contribution >= 4 is 23.5 Å². The van der Waals surface area contributed by atoms with Gasteiger partial charge in [0.1, 0.15) is 11.5 Å². The number of allylic oxidation sites excluding steroid dienone is 1. The third-order valence-electron chi connectivity index (χ3n) is 6.10. The molecule has 0 aromatic heterocycles. The maximum absolute atomic E-state index is 13.4. The molecule has 190 valence electrons. The highest BCUT2D eigenvalue weighted by Crippen LogP contribution is 2.36. The summed E-state index contributed by atoms with van der Waals surface area (Å²) in [7, 11) is 3.28. The van der Waals surface area contributed by atoms with Gasteiger partial charge in [0.2, 0.25) is 5.91 Å². The number of amides is 1. The molecule has 1 unspecified atom stereocenters. The Labute approximate surface area is 210 Å². The van der Waals surface area contributed by atoms with Gasteiger partial charge in [-0.2, -0.15) is 0 Å². The quantitative estimate of drug-likeness (QED) is 0.256. The number of carbonyl (C=O) groups excluding carboxylic acids is 2. The van der Waals surface area contributed by atoms with Crippen molar-refractivity contribution in [1.82, 2.24) is 0 Å². The number of hydrogen-bond acceptors (Lipinski definition) is 4. The standard InChI is InChI=1S/C30H41NO4/c1-8-9-10-11-23(25-16-15-24(34-6)20-28(25)35-7)19-29(33)31-27-18-22(13-12-21(2)32)14-17-26(27)30(3,4)5/h12-18,20,23H,8-11,19H2,1-7H3,(H,31,33). The van der Waals surface area contributed by atoms with Crippen LogP contribution >= 0.6 is 0 Å². The first kappa shape index (κ1) is 28.2. The van der Waals surface area contributed by atoms with Crippen LogP contribution in [0.3, 0.4) is 0 Å². The van der Waals surface area contributed by atoms with Gasteiger partial charge in [-0.1, -0.05) is 71.2 Å². The maximum Gasteiger partial charge on any atom is 0.224 e. The van der Waals surface area contributed by atoms with Gasteiger partial charge in [0, 0.05) is 18.2 Å². The number of benzene rings is 2. The van der Waals surface area contributed by atoms with Crippen LogP contribution in [0, 0.1) is 0 Å². The van der Waals surface area contributed by atoms with Crippen molar-refractivity contribution in [3.05, 3.63) is 59.2 Å². The highest BCUT2D eigenvalue weighted by atomic mass is 16.5. The first-order valence-corrected chi connectivity index (χ1v) is 12.4. The number of ketones is 1. The number of methoxy groups -OCH3 is 2. The second-order valence-electron chi connectivity index (χ2n) is 10.1. The van der Waals surface area contributed by atoms with Gasteiger partial charge in [-0.05, 0) is 59.6 Å². The van der Waals surface area contributed by atoms with Crippen LogP contribution in [0.15, 0.2) is 42.5 Å². The van der Waals surface area contributed by atoms with E-state index in [1.165, 1.54) is 13.0 Å². The molecular weight excluding hydrogens is 438 g/mol. The van der Waals surface area contributed by atoms with E-state index in [1.54, 1.807) is 20.3 Å². The molecule has 0 saturated heterocycles. The van der Waals surface area contributed by atoms with E-state index in [9.17, 15) is 9.59 Å². The van der Waals surface area contributed by atoms with Crippen LogP contribution in [0.4, 0.5) is 5.69 Å². The van der Waals surface area contributed by atoms with E-state index in [2.05, 4.69) is 33.0 Å². The molecule has 35 heavy (non-hydrogen) atoms. The molecule has 5 heteroatoms. The number of carbonyl (C=O) groups is 2. The lowest BCUT2D eigenvalue weighted by molar-refractivity contribution is -0.116. The minimum atomic E-state index is -0.148. The zero-order chi connectivity index (χ0) is 26.0. The van der Waals surface area contributed by atoms with Crippen molar-refractivity contribution in [3.8, 4) is 11.5 Å². The Hall–Kier alpha value is -3.08. The first-order valence-electron chi connectivity index (χ1n) is 12.4. The van der Waals surface area contributed by atoms with E-state index in [-0.39, 0.29) is 23.0 Å². The summed E-state index contributed by atoms with van der Waals surface area (Å²) >= 11 is 0. The molecule has 1 N–H and O–H groups in total. The van der Waals surface area contributed by atoms with Crippen LogP contribution < -0.4 is 14.8 Å². The molecule has 0 fully saturated rings. The summed E-state index contributed by atoms with van der Waals surface area (Å²) < 4.78 is 11.0. The molecule has 5 nitrogen and oxygen atoms in total. The predicted octanol–water partition coefficient (Wildman–Crippen LogP) is 7.30. The average molecular weight is 480 g/mol. The third kappa shape index (κ3) is 8.57. The molecule has 0 heterocycles. The number of nitrogens with one attached hydrogen (secondary N) is 1. The summed E-state index contributed by atoms with van der Waals surface area (Å²) in [6, 6.07) is 11.8. The van der Waals surface area contributed by atoms with Gasteiger partial charge >= 0.3 is 0 Å². The largest absolute Gasteiger partial charge is 0.497 e. The van der Waals surface area contributed by atoms with Crippen LogP contribution in [0.5, 0.6) is 11.5 Å². The molecule has 0 radical (unpaired) electrons. The fourth-order valence-electron chi connectivity index (χ4n) is 4.23. The summed E-state index contributed by atoms with van der Waals surface area (Å²) in [6.45, 7) is 10.1. The summed E-state index contributed by atoms with van der Waals surface area (Å²) in [4.78, 5) is 24.7. The van der Waals surface area contributed by atoms with E-state index in [0.29, 0.717) is 6.42 Å². The Balaban J connectivity index is 2.35. The molecule has 2 aromatic carbocycles. The van der Waals surface area contributed by atoms with E-state index in [1.807, 2.05) is 36.4 Å². The number of hydrogen-bond donors (Lipinski definition) is 1. The van der Waals surface area contributed by atoms with Gasteiger partial charge < -0.3 is 14.8 Å². The van der Waals surface area contributed by atoms with Gasteiger partial charge in [0.25, 0.3) is 0 Å². The highest BCUT2D eigenvalue weighted by Gasteiger charge is 2.23. The van der Waals surface area contributed by atoms with Crippen molar-refractivity contribution in [2.75, 3.05) is 19.5 Å². The second kappa shape index (κ2) is 13.1. The SMILES string of the molecule is CCCCCC(CC(=O)Nc1cc(C=CC(C)=O)ccc1C(C)(C)C)c1ccc(OC)cc1OC. The zero-order valence-corrected chi connectivity index (χ0v) is 22.4. The van der Waals surface area contributed by atoms with E-state index in [0.717, 1.165) is 59.6 Å². The molecule has 0 bridgehead atoms. The number of rotatable bonds is 12. The van der Waals surface area contributed by atoms with Crippen LogP contribution in [0.25, 0.3) is 6.08 Å². The molecule has 2 aromatic rings. The Kier molecular flexibility index (Phi) is 10.6. The summed E-state index contributed by atoms with van der Waals surface area (Å²) in [6.07, 6.45) is 7.85. The summed E-state index contributed by atoms with van der Waals surface area (Å²) in [5.74, 6) is 1.45. The highest BCUT2D eigenvalue weighted by molar-refractivity contribution is 5.94. The summed E-state index contributed by atoms with van der Waals surface area (Å²) in [5.41, 5.74) is 3.58. The molecule has 2 rings (SSSR count). The smallest absolute Gasteiger partial charge is 0.224 e. The summed E-state index contributed by atoms with van der Waals surface area (Å²) in [5, 5.41) is 3.17. The average Bonchev–Trinajstić information content (AvgIpc) is 2.81. The second-order valence-corrected chi connectivity index (χ2v) is 10.1. The lowest BCUT2D eigenvalue weighted by atomic mass is 9.84. The van der Waals surface area contributed by atoms with Gasteiger partial charge in [-0.3, -0.25) is 9.59 Å². The Bertz CT molecular complexity index is 1030. The molecule has 1 atom stereocenters. The van der Waals surface area contributed by atoms with Crippen LogP contribution in [0.1, 0.15) is 89.3 Å². The monoisotopic (exact) mass is 479 g/mol. The van der Waals surface area contributed by atoms with Crippen LogP contribution in [0.2, 0.25) is 0 Å². The molecule has 0 aliphatic rings. The third-order valence-corrected chi connectivity index (χ3v) is 6.10. The number of ether oxygens (including phenoxy) is 2. The fourth-order valence-corrected chi connectivity index (χ4v) is 4.23. The Morgan fingerprint density at radius 3 is 2.37 bits per heavy atom. The lowest BCUT2D eigenvalue weighted by Crippen LogP contribution is -2.20. The van der Waals surface area contributed by atoms with E-state index < -0.39 is 0 Å². The minimum Gasteiger partial charge on any atom is -0.497 e. The molecule has 0 spiro atoms. The van der Waals surface area contributed by atoms with E-state index in [4.69, 9.17) is 9.47 Å². The van der Waals surface area contributed by atoms with Crippen molar-refractivity contribution in [3.63, 3.8) is 0 Å². The maximum atomic E-state index is 13.4. The van der Waals surface area contributed by atoms with Crippen LogP contribution in [-0.4, -0.2) is 25.9 Å². The molecule has 0 aliphatic carbocycles. The lowest BCUT2D eigenvalue weighted by Gasteiger charge is -2.25. The van der Waals surface area contributed by atoms with Gasteiger partial charge in [-0.15, -0.1) is 0 Å². The van der Waals surface area contributed by atoms with Crippen molar-refractivity contribution in [2.45, 2.75) is 78.1 Å². The minimum absolute atomic E-state index is 0.0150. The van der Waals surface area contributed by atoms with Crippen LogP contribution in [-0.2, 0) is 15.0 Å². The normalized spacial score (nSPS) is 12.4. The van der Waals surface area contributed by atoms with Gasteiger partial charge in [0.15, 0.2) is 5.78 Å². The molecular formula is C30H41NO4. The van der Waals surface area contributed by atoms with Gasteiger partial charge in [-0.25, -0.2) is 0 Å². The topological polar surface area (TPSA) is 64.6 Å². The van der Waals surface area contributed by atoms with Crippen molar-refractivity contribution in [2.24, 2.45) is 0 Å². The Morgan fingerprint density at radius 1 is 1.03 bits per heavy atom. The number of anilines is 1. The van der Waals surface area contributed by atoms with Crippen molar-refractivity contribution in [1.29, 1.82) is 0 Å². The zero-order valence-electron chi connectivity index (χ0n) is 22.4.